The molecule has 0 unspecified atom stereocenters. The molecular weight excluding hydrogens is 250 g/mol. The summed E-state index contributed by atoms with van der Waals surface area (Å²) in [7, 11) is 0. The van der Waals surface area contributed by atoms with E-state index in [9.17, 15) is 4.79 Å². The van der Waals surface area contributed by atoms with Crippen LogP contribution in [-0.4, -0.2) is 10.6 Å². The van der Waals surface area contributed by atoms with Gasteiger partial charge in [-0.3, -0.25) is 14.9 Å². The number of aromatic nitrogens is 1. The lowest BCUT2D eigenvalue weighted by Gasteiger charge is -2.25. The van der Waals surface area contributed by atoms with E-state index in [1.807, 2.05) is 64.1 Å². The van der Waals surface area contributed by atoms with Crippen LogP contribution < -0.4 is 11.2 Å². The fourth-order valence-corrected chi connectivity index (χ4v) is 2.12. The standard InChI is InChI=1S/C16H21N3O/c1-11-5-6-12(2)19(11)18-15(20)16(3,4)13-7-9-14(17)10-8-13/h5-10H,17H2,1-4H3,(H,18,20). The summed E-state index contributed by atoms with van der Waals surface area (Å²) in [6, 6.07) is 11.4. The average Bonchev–Trinajstić information content (AvgIpc) is 2.71. The van der Waals surface area contributed by atoms with E-state index >= 15 is 0 Å². The molecule has 2 aromatic rings. The highest BCUT2D eigenvalue weighted by Gasteiger charge is 2.30. The third kappa shape index (κ3) is 2.54. The summed E-state index contributed by atoms with van der Waals surface area (Å²) in [5.41, 5.74) is 11.7. The van der Waals surface area contributed by atoms with Gasteiger partial charge >= 0.3 is 0 Å². The number of nitrogen functional groups attached to an aromatic ring is 1. The first-order valence-electron chi connectivity index (χ1n) is 6.65. The largest absolute Gasteiger partial charge is 0.399 e. The van der Waals surface area contributed by atoms with Crippen molar-refractivity contribution in [3.8, 4) is 0 Å². The summed E-state index contributed by atoms with van der Waals surface area (Å²) in [6.07, 6.45) is 0. The normalized spacial score (nSPS) is 11.4. The molecule has 4 nitrogen and oxygen atoms in total. The van der Waals surface area contributed by atoms with Crippen molar-refractivity contribution in [2.45, 2.75) is 33.1 Å². The van der Waals surface area contributed by atoms with Crippen molar-refractivity contribution in [2.75, 3.05) is 11.2 Å². The lowest BCUT2D eigenvalue weighted by atomic mass is 9.84. The summed E-state index contributed by atoms with van der Waals surface area (Å²) in [5, 5.41) is 0. The lowest BCUT2D eigenvalue weighted by molar-refractivity contribution is -0.121. The number of amides is 1. The molecule has 0 saturated carbocycles. The van der Waals surface area contributed by atoms with E-state index in [-0.39, 0.29) is 5.91 Å². The van der Waals surface area contributed by atoms with Crippen molar-refractivity contribution >= 4 is 11.6 Å². The predicted molar refractivity (Wildman–Crippen MR) is 82.2 cm³/mol. The summed E-state index contributed by atoms with van der Waals surface area (Å²) in [6.45, 7) is 7.73. The number of nitrogens with zero attached hydrogens (tertiary/aromatic N) is 1. The van der Waals surface area contributed by atoms with Crippen LogP contribution in [0.2, 0.25) is 0 Å². The molecule has 0 aliphatic rings. The van der Waals surface area contributed by atoms with E-state index in [0.29, 0.717) is 5.69 Å². The average molecular weight is 271 g/mol. The lowest BCUT2D eigenvalue weighted by Crippen LogP contribution is -2.39. The number of aryl methyl sites for hydroxylation is 2. The van der Waals surface area contributed by atoms with Crippen molar-refractivity contribution in [1.82, 2.24) is 4.68 Å². The van der Waals surface area contributed by atoms with Crippen LogP contribution in [0.3, 0.4) is 0 Å². The molecule has 4 heteroatoms. The highest BCUT2D eigenvalue weighted by atomic mass is 16.2. The summed E-state index contributed by atoms with van der Waals surface area (Å²) >= 11 is 0. The Morgan fingerprint density at radius 3 is 2.05 bits per heavy atom. The third-order valence-electron chi connectivity index (χ3n) is 3.68. The molecular formula is C16H21N3O. The maximum absolute atomic E-state index is 12.6. The number of benzene rings is 1. The molecule has 1 heterocycles. The first-order chi connectivity index (χ1) is 9.32. The van der Waals surface area contributed by atoms with E-state index in [4.69, 9.17) is 5.73 Å². The van der Waals surface area contributed by atoms with Crippen molar-refractivity contribution in [1.29, 1.82) is 0 Å². The molecule has 0 saturated heterocycles. The number of hydrogen-bond donors (Lipinski definition) is 2. The van der Waals surface area contributed by atoms with Crippen LogP contribution >= 0.6 is 0 Å². The van der Waals surface area contributed by atoms with Gasteiger partial charge in [0.1, 0.15) is 0 Å². The minimum atomic E-state index is -0.628. The Hall–Kier alpha value is -2.23. The monoisotopic (exact) mass is 271 g/mol. The van der Waals surface area contributed by atoms with Crippen LogP contribution in [0.1, 0.15) is 30.8 Å². The Morgan fingerprint density at radius 1 is 1.05 bits per heavy atom. The van der Waals surface area contributed by atoms with E-state index in [1.54, 1.807) is 4.68 Å². The molecule has 0 bridgehead atoms. The second-order valence-electron chi connectivity index (χ2n) is 5.64. The topological polar surface area (TPSA) is 60.0 Å². The van der Waals surface area contributed by atoms with Gasteiger partial charge < -0.3 is 5.73 Å². The van der Waals surface area contributed by atoms with Gasteiger partial charge in [0, 0.05) is 17.1 Å². The summed E-state index contributed by atoms with van der Waals surface area (Å²) in [4.78, 5) is 12.6. The van der Waals surface area contributed by atoms with Gasteiger partial charge in [-0.2, -0.15) is 0 Å². The SMILES string of the molecule is Cc1ccc(C)n1NC(=O)C(C)(C)c1ccc(N)cc1. The second-order valence-corrected chi connectivity index (χ2v) is 5.64. The van der Waals surface area contributed by atoms with Gasteiger partial charge in [0.15, 0.2) is 0 Å². The van der Waals surface area contributed by atoms with Crippen molar-refractivity contribution in [3.63, 3.8) is 0 Å². The fraction of sp³-hybridized carbons (Fsp3) is 0.312. The van der Waals surface area contributed by atoms with E-state index in [0.717, 1.165) is 17.0 Å². The molecule has 0 aliphatic carbocycles. The molecule has 1 aromatic carbocycles. The zero-order valence-corrected chi connectivity index (χ0v) is 12.4. The molecule has 3 N–H and O–H groups in total. The van der Waals surface area contributed by atoms with E-state index in [2.05, 4.69) is 5.43 Å². The number of carbonyl (C=O) groups is 1. The van der Waals surface area contributed by atoms with Crippen LogP contribution in [-0.2, 0) is 10.2 Å². The van der Waals surface area contributed by atoms with Crippen molar-refractivity contribution in [2.24, 2.45) is 0 Å². The minimum Gasteiger partial charge on any atom is -0.399 e. The minimum absolute atomic E-state index is 0.0512. The van der Waals surface area contributed by atoms with Crippen LogP contribution in [0.25, 0.3) is 0 Å². The smallest absolute Gasteiger partial charge is 0.248 e. The maximum atomic E-state index is 12.6. The number of hydrogen-bond acceptors (Lipinski definition) is 2. The molecule has 0 radical (unpaired) electrons. The van der Waals surface area contributed by atoms with Gasteiger partial charge in [0.2, 0.25) is 5.91 Å². The van der Waals surface area contributed by atoms with Crippen LogP contribution in [0, 0.1) is 13.8 Å². The Labute approximate surface area is 119 Å². The van der Waals surface area contributed by atoms with Gasteiger partial charge in [-0.05, 0) is 57.5 Å². The quantitative estimate of drug-likeness (QED) is 0.843. The van der Waals surface area contributed by atoms with Gasteiger partial charge in [-0.15, -0.1) is 0 Å². The Balaban J connectivity index is 2.25. The van der Waals surface area contributed by atoms with Crippen LogP contribution in [0.5, 0.6) is 0 Å². The Morgan fingerprint density at radius 2 is 1.55 bits per heavy atom. The van der Waals surface area contributed by atoms with Crippen molar-refractivity contribution in [3.05, 3.63) is 53.3 Å². The number of rotatable bonds is 3. The molecule has 2 rings (SSSR count). The molecule has 106 valence electrons. The highest BCUT2D eigenvalue weighted by molar-refractivity contribution is 5.93. The summed E-state index contributed by atoms with van der Waals surface area (Å²) < 4.78 is 1.81. The second kappa shape index (κ2) is 5.04. The van der Waals surface area contributed by atoms with Crippen LogP contribution in [0.15, 0.2) is 36.4 Å². The molecule has 0 fully saturated rings. The van der Waals surface area contributed by atoms with Gasteiger partial charge in [-0.25, -0.2) is 0 Å². The molecule has 0 spiro atoms. The first kappa shape index (κ1) is 14.2. The van der Waals surface area contributed by atoms with Crippen molar-refractivity contribution < 1.29 is 4.79 Å². The molecule has 1 amide bonds. The Bertz CT molecular complexity index is 604. The molecule has 0 aliphatic heterocycles. The number of carbonyl (C=O) groups excluding carboxylic acids is 1. The zero-order valence-electron chi connectivity index (χ0n) is 12.4. The van der Waals surface area contributed by atoms with E-state index < -0.39 is 5.41 Å². The molecule has 1 aromatic heterocycles. The predicted octanol–water partition coefficient (Wildman–Crippen LogP) is 2.74. The summed E-state index contributed by atoms with van der Waals surface area (Å²) in [5.74, 6) is -0.0512. The Kier molecular flexibility index (Phi) is 3.57. The fourth-order valence-electron chi connectivity index (χ4n) is 2.12. The van der Waals surface area contributed by atoms with Crippen LogP contribution in [0.4, 0.5) is 5.69 Å². The maximum Gasteiger partial charge on any atom is 0.248 e. The third-order valence-corrected chi connectivity index (χ3v) is 3.68. The van der Waals surface area contributed by atoms with Gasteiger partial charge in [-0.1, -0.05) is 12.1 Å². The first-order valence-corrected chi connectivity index (χ1v) is 6.65. The van der Waals surface area contributed by atoms with E-state index in [1.165, 1.54) is 0 Å². The van der Waals surface area contributed by atoms with Gasteiger partial charge in [0.25, 0.3) is 0 Å². The van der Waals surface area contributed by atoms with Gasteiger partial charge in [0.05, 0.1) is 5.41 Å². The number of nitrogens with one attached hydrogen (secondary N) is 1. The number of nitrogens with two attached hydrogens (primary N) is 1. The number of anilines is 1. The molecule has 0 atom stereocenters. The zero-order chi connectivity index (χ0) is 14.9. The molecule has 20 heavy (non-hydrogen) atoms. The highest BCUT2D eigenvalue weighted by Crippen LogP contribution is 2.25.